The molecule has 2 aromatic rings. The fourth-order valence-corrected chi connectivity index (χ4v) is 9.31. The number of likely N-dealkylation sites (tertiary alicyclic amines) is 1. The van der Waals surface area contributed by atoms with Crippen molar-refractivity contribution in [3.8, 4) is 0 Å². The highest BCUT2D eigenvalue weighted by atomic mass is 32.2. The number of nitrogens with zero attached hydrogens (tertiary/aromatic N) is 2. The molecule has 5 nitrogen and oxygen atoms in total. The number of hydrogen-bond donors (Lipinski definition) is 1. The number of rotatable bonds is 6. The van der Waals surface area contributed by atoms with Crippen molar-refractivity contribution in [3.63, 3.8) is 0 Å². The fraction of sp³-hybridized carbons (Fsp3) is 0.636. The summed E-state index contributed by atoms with van der Waals surface area (Å²) in [5, 5.41) is 4.16. The van der Waals surface area contributed by atoms with E-state index in [0.717, 1.165) is 43.6 Å². The van der Waals surface area contributed by atoms with Gasteiger partial charge in [0.15, 0.2) is 9.84 Å². The molecule has 0 bridgehead atoms. The van der Waals surface area contributed by atoms with Gasteiger partial charge in [0.2, 0.25) is 0 Å². The minimum Gasteiger partial charge on any atom is -0.371 e. The molecule has 2 saturated heterocycles. The molecule has 39 heavy (non-hydrogen) atoms. The Morgan fingerprint density at radius 1 is 0.897 bits per heavy atom. The van der Waals surface area contributed by atoms with Crippen LogP contribution in [0.25, 0.3) is 0 Å². The Hall–Kier alpha value is -1.89. The van der Waals surface area contributed by atoms with Gasteiger partial charge in [-0.05, 0) is 113 Å². The molecule has 1 unspecified atom stereocenters. The van der Waals surface area contributed by atoms with Crippen LogP contribution in [0.2, 0.25) is 0 Å². The first-order valence-electron chi connectivity index (χ1n) is 15.3. The van der Waals surface area contributed by atoms with Crippen molar-refractivity contribution in [2.45, 2.75) is 80.9 Å². The predicted molar refractivity (Wildman–Crippen MR) is 160 cm³/mol. The lowest BCUT2D eigenvalue weighted by Gasteiger charge is -2.53. The van der Waals surface area contributed by atoms with Crippen molar-refractivity contribution in [2.75, 3.05) is 44.2 Å². The number of benzene rings is 2. The molecule has 1 atom stereocenters. The number of anilines is 1. The lowest BCUT2D eigenvalue weighted by molar-refractivity contribution is 0.0492. The molecule has 6 heteroatoms. The van der Waals surface area contributed by atoms with Gasteiger partial charge in [-0.2, -0.15) is 0 Å². The summed E-state index contributed by atoms with van der Waals surface area (Å²) in [4.78, 5) is 5.53. The highest BCUT2D eigenvalue weighted by Gasteiger charge is 2.50. The molecule has 0 aromatic heterocycles. The first-order valence-corrected chi connectivity index (χ1v) is 16.8. The second-order valence-electron chi connectivity index (χ2n) is 13.6. The highest BCUT2D eigenvalue weighted by molar-refractivity contribution is 7.92. The molecule has 0 amide bonds. The van der Waals surface area contributed by atoms with E-state index in [2.05, 4.69) is 39.4 Å². The summed E-state index contributed by atoms with van der Waals surface area (Å²) in [5.74, 6) is 2.19. The molecule has 1 N–H and O–H groups in total. The lowest BCUT2D eigenvalue weighted by atomic mass is 9.63. The van der Waals surface area contributed by atoms with E-state index in [9.17, 15) is 8.42 Å². The van der Waals surface area contributed by atoms with Gasteiger partial charge < -0.3 is 15.1 Å². The first kappa shape index (κ1) is 27.3. The van der Waals surface area contributed by atoms with Crippen LogP contribution in [0.4, 0.5) is 5.69 Å². The minimum atomic E-state index is -3.31. The summed E-state index contributed by atoms with van der Waals surface area (Å²) in [6.07, 6.45) is 9.28. The number of piperidine rings is 1. The standard InChI is InChI=1S/C33H47N3O2S/c1-32(2,3)39(37,38)30-14-12-29(13-15-30)36-23-25(24-36)22-35-20-17-28(18-21-35)33(27-9-5-6-10-27)31-11-7-4-8-26(31)16-19-34-33/h4,7-8,11-15,25,27-28,34H,5-6,9-10,16-24H2,1-3H3. The van der Waals surface area contributed by atoms with Crippen molar-refractivity contribution in [2.24, 2.45) is 17.8 Å². The van der Waals surface area contributed by atoms with Crippen molar-refractivity contribution < 1.29 is 8.42 Å². The topological polar surface area (TPSA) is 52.7 Å². The monoisotopic (exact) mass is 549 g/mol. The molecule has 6 rings (SSSR count). The molecule has 2 aromatic carbocycles. The largest absolute Gasteiger partial charge is 0.371 e. The minimum absolute atomic E-state index is 0.178. The van der Waals surface area contributed by atoms with Crippen LogP contribution in [0.1, 0.15) is 70.4 Å². The average Bonchev–Trinajstić information content (AvgIpc) is 3.46. The van der Waals surface area contributed by atoms with E-state index in [1.54, 1.807) is 44.0 Å². The number of fused-ring (bicyclic) bond motifs is 1. The first-order chi connectivity index (χ1) is 18.7. The molecule has 3 fully saturated rings. The lowest BCUT2D eigenvalue weighted by Crippen LogP contribution is -2.59. The van der Waals surface area contributed by atoms with Crippen molar-refractivity contribution in [1.29, 1.82) is 0 Å². The van der Waals surface area contributed by atoms with Gasteiger partial charge in [-0.15, -0.1) is 0 Å². The van der Waals surface area contributed by atoms with Crippen LogP contribution >= 0.6 is 0 Å². The normalized spacial score (nSPS) is 26.0. The summed E-state index contributed by atoms with van der Waals surface area (Å²) in [6, 6.07) is 16.9. The molecule has 3 aliphatic heterocycles. The van der Waals surface area contributed by atoms with Gasteiger partial charge in [-0.3, -0.25) is 0 Å². The van der Waals surface area contributed by atoms with Gasteiger partial charge in [-0.25, -0.2) is 8.42 Å². The van der Waals surface area contributed by atoms with Gasteiger partial charge in [0.1, 0.15) is 0 Å². The van der Waals surface area contributed by atoms with E-state index >= 15 is 0 Å². The van der Waals surface area contributed by atoms with Crippen LogP contribution in [0, 0.1) is 17.8 Å². The summed E-state index contributed by atoms with van der Waals surface area (Å²) in [7, 11) is -3.31. The molecular weight excluding hydrogens is 502 g/mol. The van der Waals surface area contributed by atoms with Crippen LogP contribution in [-0.2, 0) is 21.8 Å². The summed E-state index contributed by atoms with van der Waals surface area (Å²) in [6.45, 7) is 12.1. The van der Waals surface area contributed by atoms with Crippen LogP contribution in [0.15, 0.2) is 53.4 Å². The van der Waals surface area contributed by atoms with Crippen LogP contribution in [0.3, 0.4) is 0 Å². The van der Waals surface area contributed by atoms with Gasteiger partial charge in [0.25, 0.3) is 0 Å². The number of hydrogen-bond acceptors (Lipinski definition) is 5. The molecule has 1 saturated carbocycles. The smallest absolute Gasteiger partial charge is 0.183 e. The molecule has 0 radical (unpaired) electrons. The van der Waals surface area contributed by atoms with Crippen molar-refractivity contribution in [1.82, 2.24) is 10.2 Å². The quantitative estimate of drug-likeness (QED) is 0.506. The Morgan fingerprint density at radius 2 is 1.54 bits per heavy atom. The number of sulfone groups is 1. The third kappa shape index (κ3) is 4.95. The van der Waals surface area contributed by atoms with E-state index in [1.165, 1.54) is 58.2 Å². The Kier molecular flexibility index (Phi) is 7.35. The zero-order valence-electron chi connectivity index (χ0n) is 24.2. The van der Waals surface area contributed by atoms with Gasteiger partial charge >= 0.3 is 0 Å². The summed E-state index contributed by atoms with van der Waals surface area (Å²) in [5.41, 5.74) is 4.53. The third-order valence-corrected chi connectivity index (χ3v) is 12.8. The fourth-order valence-electron chi connectivity index (χ4n) is 8.11. The SMILES string of the molecule is CC(C)(C)S(=O)(=O)c1ccc(N2CC(CN3CCC(C4(C5CCCC5)NCCc5ccccc54)CC3)C2)cc1. The molecule has 4 aliphatic rings. The van der Waals surface area contributed by atoms with E-state index in [1.807, 2.05) is 12.1 Å². The maximum atomic E-state index is 12.7. The Bertz CT molecular complexity index is 1250. The van der Waals surface area contributed by atoms with E-state index in [-0.39, 0.29) is 5.54 Å². The van der Waals surface area contributed by atoms with Gasteiger partial charge in [0.05, 0.1) is 9.64 Å². The van der Waals surface area contributed by atoms with E-state index < -0.39 is 14.6 Å². The third-order valence-electron chi connectivity index (χ3n) is 10.3. The highest BCUT2D eigenvalue weighted by Crippen LogP contribution is 2.50. The van der Waals surface area contributed by atoms with Gasteiger partial charge in [-0.1, -0.05) is 37.1 Å². The van der Waals surface area contributed by atoms with E-state index in [0.29, 0.717) is 10.8 Å². The predicted octanol–water partition coefficient (Wildman–Crippen LogP) is 5.64. The second kappa shape index (κ2) is 10.5. The Labute approximate surface area is 236 Å². The zero-order chi connectivity index (χ0) is 27.3. The molecule has 3 heterocycles. The van der Waals surface area contributed by atoms with Crippen molar-refractivity contribution in [3.05, 3.63) is 59.7 Å². The summed E-state index contributed by atoms with van der Waals surface area (Å²) < 4.78 is 24.7. The average molecular weight is 550 g/mol. The van der Waals surface area contributed by atoms with E-state index in [4.69, 9.17) is 0 Å². The van der Waals surface area contributed by atoms with Gasteiger partial charge in [0, 0.05) is 43.3 Å². The zero-order valence-corrected chi connectivity index (χ0v) is 25.0. The maximum absolute atomic E-state index is 12.7. The maximum Gasteiger partial charge on any atom is 0.183 e. The van der Waals surface area contributed by atoms with Crippen LogP contribution in [0.5, 0.6) is 0 Å². The molecule has 1 aliphatic carbocycles. The van der Waals surface area contributed by atoms with Crippen molar-refractivity contribution >= 4 is 15.5 Å². The van der Waals surface area contributed by atoms with Crippen LogP contribution in [-0.4, -0.2) is 57.3 Å². The Morgan fingerprint density at radius 3 is 2.21 bits per heavy atom. The Balaban J connectivity index is 1.05. The molecule has 0 spiro atoms. The second-order valence-corrected chi connectivity index (χ2v) is 16.3. The molecular formula is C33H47N3O2S. The molecule has 212 valence electrons. The van der Waals surface area contributed by atoms with Crippen LogP contribution < -0.4 is 10.2 Å². The summed E-state index contributed by atoms with van der Waals surface area (Å²) >= 11 is 0. The number of nitrogens with one attached hydrogen (secondary N) is 1.